The van der Waals surface area contributed by atoms with Crippen LogP contribution in [0.4, 0.5) is 0 Å². The maximum absolute atomic E-state index is 13.8. The first-order valence-electron chi connectivity index (χ1n) is 18.7. The topological polar surface area (TPSA) is 79.3 Å². The van der Waals surface area contributed by atoms with Gasteiger partial charge in [0.25, 0.3) is 0 Å². The summed E-state index contributed by atoms with van der Waals surface area (Å²) in [6.45, 7) is 4.61. The number of esters is 1. The van der Waals surface area contributed by atoms with Gasteiger partial charge >= 0.3 is 5.97 Å². The number of ether oxygens (including phenoxy) is 2. The third-order valence-corrected chi connectivity index (χ3v) is 12.4. The van der Waals surface area contributed by atoms with Gasteiger partial charge in [0.15, 0.2) is 17.3 Å². The normalized spacial score (nSPS) is 29.3. The number of aryl methyl sites for hydroxylation is 1. The average Bonchev–Trinajstić information content (AvgIpc) is 3.69. The highest BCUT2D eigenvalue weighted by Gasteiger charge is 2.66. The van der Waals surface area contributed by atoms with Crippen LogP contribution in [0, 0.1) is 11.8 Å². The second kappa shape index (κ2) is 13.7. The van der Waals surface area contributed by atoms with E-state index in [1.165, 1.54) is 36.5 Å². The van der Waals surface area contributed by atoms with Gasteiger partial charge in [0, 0.05) is 48.0 Å². The molecule has 0 amide bonds. The van der Waals surface area contributed by atoms with Gasteiger partial charge in [0.05, 0.1) is 12.6 Å². The van der Waals surface area contributed by atoms with Crippen molar-refractivity contribution in [3.8, 4) is 11.5 Å². The standard InChI is InChI=1S/C42H50N2O5/c1-28(45)48-38-20-17-31-24-35-33-18-19-34(41-42(33,39(31)40(38)49-41)21-23-44(35)26-32-25-36(32)46)43(27-37(47)30-15-9-5-10-16-30)22-11-3-2-6-12-29-13-7-4-8-14-29/h4-5,7-10,13-17,20,32-36,41,46H,2-3,6,11-12,18-19,21-27H2,1H3/t32?,33-,34-,35+,36?,41-,42-/m0/s1. The van der Waals surface area contributed by atoms with E-state index in [4.69, 9.17) is 9.47 Å². The first-order chi connectivity index (χ1) is 23.9. The molecule has 2 saturated carbocycles. The second-order valence-electron chi connectivity index (χ2n) is 15.3. The summed E-state index contributed by atoms with van der Waals surface area (Å²) in [4.78, 5) is 31.2. The van der Waals surface area contributed by atoms with Crippen LogP contribution in [0.15, 0.2) is 72.8 Å². The predicted octanol–water partition coefficient (Wildman–Crippen LogP) is 6.39. The lowest BCUT2D eigenvalue weighted by atomic mass is 9.51. The number of ketones is 1. The van der Waals surface area contributed by atoms with Crippen molar-refractivity contribution in [1.29, 1.82) is 0 Å². The van der Waals surface area contributed by atoms with E-state index in [0.29, 0.717) is 30.2 Å². The molecule has 3 aromatic rings. The number of benzene rings is 3. The summed E-state index contributed by atoms with van der Waals surface area (Å²) in [5.41, 5.74) is 4.54. The third-order valence-electron chi connectivity index (χ3n) is 12.4. The minimum absolute atomic E-state index is 0.0780. The van der Waals surface area contributed by atoms with Crippen LogP contribution in [0.5, 0.6) is 11.5 Å². The summed E-state index contributed by atoms with van der Waals surface area (Å²) >= 11 is 0. The molecule has 1 spiro atoms. The highest BCUT2D eigenvalue weighted by Crippen LogP contribution is 2.64. The Morgan fingerprint density at radius 2 is 1.73 bits per heavy atom. The number of hydrogen-bond acceptors (Lipinski definition) is 7. The number of carbonyl (C=O) groups excluding carboxylic acids is 2. The first kappa shape index (κ1) is 32.7. The summed E-state index contributed by atoms with van der Waals surface area (Å²) in [6.07, 6.45) is 10.2. The Kier molecular flexibility index (Phi) is 9.10. The van der Waals surface area contributed by atoms with E-state index in [1.54, 1.807) is 0 Å². The number of aliphatic hydroxyl groups is 1. The summed E-state index contributed by atoms with van der Waals surface area (Å²) in [6, 6.07) is 25.0. The number of rotatable bonds is 14. The Morgan fingerprint density at radius 1 is 0.980 bits per heavy atom. The zero-order chi connectivity index (χ0) is 33.5. The number of aliphatic hydroxyl groups excluding tert-OH is 1. The molecule has 3 aliphatic carbocycles. The van der Waals surface area contributed by atoms with Crippen LogP contribution in [-0.2, 0) is 23.1 Å². The van der Waals surface area contributed by atoms with Gasteiger partial charge in [-0.3, -0.25) is 19.4 Å². The molecule has 2 bridgehead atoms. The minimum Gasteiger partial charge on any atom is -0.484 e. The van der Waals surface area contributed by atoms with Crippen molar-refractivity contribution < 1.29 is 24.2 Å². The number of piperidine rings is 1. The van der Waals surface area contributed by atoms with E-state index in [2.05, 4.69) is 46.2 Å². The molecule has 0 radical (unpaired) electrons. The van der Waals surface area contributed by atoms with E-state index >= 15 is 0 Å². The van der Waals surface area contributed by atoms with E-state index in [9.17, 15) is 14.7 Å². The Bertz CT molecular complexity index is 1660. The van der Waals surface area contributed by atoms with Gasteiger partial charge < -0.3 is 14.6 Å². The fraction of sp³-hybridized carbons (Fsp3) is 0.524. The van der Waals surface area contributed by atoms with E-state index in [1.807, 2.05) is 36.4 Å². The maximum atomic E-state index is 13.8. The Balaban J connectivity index is 1.07. The van der Waals surface area contributed by atoms with Crippen LogP contribution in [0.1, 0.15) is 85.3 Å². The molecular formula is C42H50N2O5. The van der Waals surface area contributed by atoms with Gasteiger partial charge in [-0.05, 0) is 87.6 Å². The molecule has 3 fully saturated rings. The highest BCUT2D eigenvalue weighted by atomic mass is 16.6. The number of nitrogens with zero attached hydrogens (tertiary/aromatic N) is 2. The fourth-order valence-corrected chi connectivity index (χ4v) is 10.1. The van der Waals surface area contributed by atoms with Crippen molar-refractivity contribution in [2.45, 2.75) is 101 Å². The molecule has 8 rings (SSSR count). The van der Waals surface area contributed by atoms with Gasteiger partial charge in [0.2, 0.25) is 0 Å². The summed E-state index contributed by atoms with van der Waals surface area (Å²) in [5.74, 6) is 1.91. The van der Waals surface area contributed by atoms with Crippen molar-refractivity contribution in [2.24, 2.45) is 11.8 Å². The monoisotopic (exact) mass is 662 g/mol. The fourth-order valence-electron chi connectivity index (χ4n) is 10.1. The maximum Gasteiger partial charge on any atom is 0.308 e. The molecule has 7 atom stereocenters. The van der Waals surface area contributed by atoms with Crippen molar-refractivity contribution in [3.05, 3.63) is 95.1 Å². The largest absolute Gasteiger partial charge is 0.484 e. The molecule has 5 aliphatic rings. The molecule has 2 aliphatic heterocycles. The summed E-state index contributed by atoms with van der Waals surface area (Å²) in [7, 11) is 0. The second-order valence-corrected chi connectivity index (χ2v) is 15.3. The smallest absolute Gasteiger partial charge is 0.308 e. The average molecular weight is 663 g/mol. The Hall–Kier alpha value is -3.52. The number of carbonyl (C=O) groups is 2. The lowest BCUT2D eigenvalue weighted by molar-refractivity contribution is -0.132. The van der Waals surface area contributed by atoms with Crippen molar-refractivity contribution in [3.63, 3.8) is 0 Å². The van der Waals surface area contributed by atoms with Crippen LogP contribution >= 0.6 is 0 Å². The van der Waals surface area contributed by atoms with E-state index in [0.717, 1.165) is 82.3 Å². The van der Waals surface area contributed by atoms with Crippen molar-refractivity contribution in [1.82, 2.24) is 9.80 Å². The summed E-state index contributed by atoms with van der Waals surface area (Å²) in [5, 5.41) is 10.2. The van der Waals surface area contributed by atoms with Crippen LogP contribution < -0.4 is 9.47 Å². The minimum atomic E-state index is -0.339. The molecule has 7 heteroatoms. The van der Waals surface area contributed by atoms with Crippen LogP contribution in [0.2, 0.25) is 0 Å². The molecule has 0 aromatic heterocycles. The number of Topliss-reactive ketones (excluding diaryl/α,β-unsaturated/α-hetero) is 1. The SMILES string of the molecule is CC(=O)Oc1ccc2c3c1O[C@H]1[C@@H](N(CCCCCCc4ccccc4)CC(=O)c4ccccc4)CC[C@H]4[C@@H](C2)N(CC2CC2O)CC[C@@]341. The Labute approximate surface area is 290 Å². The van der Waals surface area contributed by atoms with Gasteiger partial charge in [0.1, 0.15) is 6.10 Å². The quantitative estimate of drug-likeness (QED) is 0.0928. The zero-order valence-electron chi connectivity index (χ0n) is 28.8. The molecule has 258 valence electrons. The van der Waals surface area contributed by atoms with Gasteiger partial charge in [-0.25, -0.2) is 0 Å². The van der Waals surface area contributed by atoms with Crippen molar-refractivity contribution >= 4 is 11.8 Å². The molecule has 49 heavy (non-hydrogen) atoms. The molecule has 1 saturated heterocycles. The van der Waals surface area contributed by atoms with Gasteiger partial charge in [-0.1, -0.05) is 79.6 Å². The number of hydrogen-bond donors (Lipinski definition) is 1. The predicted molar refractivity (Wildman–Crippen MR) is 189 cm³/mol. The molecule has 3 aromatic carbocycles. The van der Waals surface area contributed by atoms with E-state index < -0.39 is 0 Å². The third kappa shape index (κ3) is 6.23. The van der Waals surface area contributed by atoms with Gasteiger partial charge in [-0.15, -0.1) is 0 Å². The van der Waals surface area contributed by atoms with Crippen molar-refractivity contribution in [2.75, 3.05) is 26.2 Å². The van der Waals surface area contributed by atoms with Crippen LogP contribution in [0.25, 0.3) is 0 Å². The number of likely N-dealkylation sites (tertiary alicyclic amines) is 1. The zero-order valence-corrected chi connectivity index (χ0v) is 28.8. The molecule has 2 unspecified atom stereocenters. The molecule has 1 N–H and O–H groups in total. The highest BCUT2D eigenvalue weighted by molar-refractivity contribution is 5.97. The molecular weight excluding hydrogens is 612 g/mol. The first-order valence-corrected chi connectivity index (χ1v) is 18.7. The van der Waals surface area contributed by atoms with Crippen LogP contribution in [0.3, 0.4) is 0 Å². The molecule has 7 nitrogen and oxygen atoms in total. The van der Waals surface area contributed by atoms with Gasteiger partial charge in [-0.2, -0.15) is 0 Å². The number of unbranched alkanes of at least 4 members (excludes halogenated alkanes) is 3. The molecule has 2 heterocycles. The lowest BCUT2D eigenvalue weighted by Crippen LogP contribution is -2.69. The van der Waals surface area contributed by atoms with E-state index in [-0.39, 0.29) is 35.4 Å². The Morgan fingerprint density at radius 3 is 2.49 bits per heavy atom. The summed E-state index contributed by atoms with van der Waals surface area (Å²) < 4.78 is 12.9. The lowest BCUT2D eigenvalue weighted by Gasteiger charge is -2.60. The van der Waals surface area contributed by atoms with Crippen LogP contribution in [-0.4, -0.2) is 77.1 Å².